The summed E-state index contributed by atoms with van der Waals surface area (Å²) in [5.41, 5.74) is 3.06. The second-order valence-electron chi connectivity index (χ2n) is 6.05. The molecule has 0 aromatic heterocycles. The minimum absolute atomic E-state index is 0.106. The predicted molar refractivity (Wildman–Crippen MR) is 126 cm³/mol. The molecule has 0 aliphatic carbocycles. The van der Waals surface area contributed by atoms with Crippen LogP contribution >= 0.6 is 45.2 Å². The fraction of sp³-hybridized carbons (Fsp3) is 0.300. The van der Waals surface area contributed by atoms with Gasteiger partial charge >= 0.3 is 5.97 Å². The zero-order chi connectivity index (χ0) is 19.9. The van der Waals surface area contributed by atoms with Gasteiger partial charge in [0.2, 0.25) is 0 Å². The minimum Gasteiger partial charge on any atom is -0.480 e. The number of benzene rings is 2. The van der Waals surface area contributed by atoms with Gasteiger partial charge in [0.05, 0.1) is 33.2 Å². The average Bonchev–Trinajstić information content (AvgIpc) is 2.72. The number of carbonyl (C=O) groups is 1. The minimum atomic E-state index is -0.405. The summed E-state index contributed by atoms with van der Waals surface area (Å²) in [5.74, 6) is 0.274. The van der Waals surface area contributed by atoms with Crippen molar-refractivity contribution in [3.05, 3.63) is 49.1 Å². The van der Waals surface area contributed by atoms with E-state index in [0.29, 0.717) is 5.75 Å². The monoisotopic (exact) mass is 606 g/mol. The number of carbonyl (C=O) groups excluding carboxylic acids is 1. The molecule has 8 heteroatoms. The van der Waals surface area contributed by atoms with Crippen LogP contribution in [0.15, 0.2) is 41.4 Å². The highest BCUT2D eigenvalue weighted by Gasteiger charge is 2.12. The summed E-state index contributed by atoms with van der Waals surface area (Å²) in [7, 11) is 1.34. The van der Waals surface area contributed by atoms with Gasteiger partial charge in [-0.2, -0.15) is 0 Å². The molecule has 0 amide bonds. The largest absolute Gasteiger partial charge is 0.480 e. The Balaban J connectivity index is 1.67. The van der Waals surface area contributed by atoms with Crippen LogP contribution in [0, 0.1) is 7.14 Å². The number of rotatable bonds is 6. The van der Waals surface area contributed by atoms with Crippen molar-refractivity contribution in [2.45, 2.75) is 0 Å². The summed E-state index contributed by atoms with van der Waals surface area (Å²) in [5, 5.41) is 0. The predicted octanol–water partition coefficient (Wildman–Crippen LogP) is 4.03. The van der Waals surface area contributed by atoms with Gasteiger partial charge in [-0.1, -0.05) is 0 Å². The molecule has 1 saturated heterocycles. The van der Waals surface area contributed by atoms with Crippen LogP contribution in [0.3, 0.4) is 0 Å². The maximum atomic E-state index is 11.3. The van der Waals surface area contributed by atoms with Crippen LogP contribution in [-0.4, -0.2) is 52.2 Å². The van der Waals surface area contributed by atoms with Gasteiger partial charge in [-0.25, -0.2) is 4.79 Å². The van der Waals surface area contributed by atoms with E-state index in [-0.39, 0.29) is 6.61 Å². The Kier molecular flexibility index (Phi) is 7.91. The van der Waals surface area contributed by atoms with Crippen molar-refractivity contribution in [3.8, 4) is 5.75 Å². The summed E-state index contributed by atoms with van der Waals surface area (Å²) < 4.78 is 17.4. The van der Waals surface area contributed by atoms with E-state index in [9.17, 15) is 4.79 Å². The number of anilines is 1. The SMILES string of the molecule is COC(=O)COc1c(I)cc(C=Nc2ccc(N3CCOCC3)cc2)cc1I. The van der Waals surface area contributed by atoms with Crippen LogP contribution in [0.4, 0.5) is 11.4 Å². The maximum Gasteiger partial charge on any atom is 0.343 e. The number of halogens is 2. The fourth-order valence-corrected chi connectivity index (χ4v) is 4.83. The molecule has 0 bridgehead atoms. The van der Waals surface area contributed by atoms with Crippen LogP contribution in [-0.2, 0) is 14.3 Å². The Morgan fingerprint density at radius 3 is 2.43 bits per heavy atom. The van der Waals surface area contributed by atoms with E-state index >= 15 is 0 Å². The highest BCUT2D eigenvalue weighted by molar-refractivity contribution is 14.1. The van der Waals surface area contributed by atoms with Crippen LogP contribution < -0.4 is 9.64 Å². The molecule has 1 aliphatic rings. The molecule has 0 atom stereocenters. The number of esters is 1. The van der Waals surface area contributed by atoms with Gasteiger partial charge in [0.15, 0.2) is 6.61 Å². The van der Waals surface area contributed by atoms with E-state index in [1.807, 2.05) is 30.5 Å². The molecule has 0 radical (unpaired) electrons. The molecule has 1 heterocycles. The third-order valence-corrected chi connectivity index (χ3v) is 5.77. The van der Waals surface area contributed by atoms with Gasteiger partial charge < -0.3 is 19.1 Å². The van der Waals surface area contributed by atoms with Crippen molar-refractivity contribution in [1.29, 1.82) is 0 Å². The Labute approximate surface area is 191 Å². The molecule has 6 nitrogen and oxygen atoms in total. The first-order chi connectivity index (χ1) is 13.6. The Bertz CT molecular complexity index is 827. The van der Waals surface area contributed by atoms with Crippen LogP contribution in [0.1, 0.15) is 5.56 Å². The standard InChI is InChI=1S/C20H20I2N2O4/c1-26-19(25)13-28-20-17(21)10-14(11-18(20)22)12-23-15-2-4-16(5-3-15)24-6-8-27-9-7-24/h2-5,10-12H,6-9,13H2,1H3. The van der Waals surface area contributed by atoms with Crippen molar-refractivity contribution in [2.75, 3.05) is 44.9 Å². The first kappa shape index (κ1) is 21.3. The second-order valence-corrected chi connectivity index (χ2v) is 8.38. The summed E-state index contributed by atoms with van der Waals surface area (Å²) >= 11 is 4.39. The molecule has 1 aliphatic heterocycles. The van der Waals surface area contributed by atoms with Crippen molar-refractivity contribution in [1.82, 2.24) is 0 Å². The van der Waals surface area contributed by atoms with Crippen LogP contribution in [0.25, 0.3) is 0 Å². The average molecular weight is 606 g/mol. The lowest BCUT2D eigenvalue weighted by Crippen LogP contribution is -2.36. The lowest BCUT2D eigenvalue weighted by Gasteiger charge is -2.28. The topological polar surface area (TPSA) is 60.4 Å². The van der Waals surface area contributed by atoms with Crippen LogP contribution in [0.2, 0.25) is 0 Å². The van der Waals surface area contributed by atoms with E-state index in [2.05, 4.69) is 71.9 Å². The van der Waals surface area contributed by atoms with Crippen LogP contribution in [0.5, 0.6) is 5.75 Å². The molecule has 0 spiro atoms. The molecule has 3 rings (SSSR count). The number of hydrogen-bond acceptors (Lipinski definition) is 6. The van der Waals surface area contributed by atoms with E-state index in [1.54, 1.807) is 0 Å². The first-order valence-electron chi connectivity index (χ1n) is 8.72. The molecular formula is C20H20I2N2O4. The quantitative estimate of drug-likeness (QED) is 0.283. The van der Waals surface area contributed by atoms with Gasteiger partial charge in [0.1, 0.15) is 5.75 Å². The van der Waals surface area contributed by atoms with Gasteiger partial charge in [-0.05, 0) is 87.1 Å². The second kappa shape index (κ2) is 10.4. The number of hydrogen-bond donors (Lipinski definition) is 0. The molecule has 0 saturated carbocycles. The molecular weight excluding hydrogens is 586 g/mol. The zero-order valence-corrected chi connectivity index (χ0v) is 19.7. The number of aliphatic imine (C=N–C) groups is 1. The molecule has 28 heavy (non-hydrogen) atoms. The summed E-state index contributed by atoms with van der Waals surface area (Å²) in [6.45, 7) is 3.28. The van der Waals surface area contributed by atoms with Crippen molar-refractivity contribution in [2.24, 2.45) is 4.99 Å². The Morgan fingerprint density at radius 2 is 1.82 bits per heavy atom. The van der Waals surface area contributed by atoms with Crippen molar-refractivity contribution in [3.63, 3.8) is 0 Å². The Hall–Kier alpha value is -1.40. The van der Waals surface area contributed by atoms with Gasteiger partial charge in [-0.3, -0.25) is 4.99 Å². The molecule has 2 aromatic rings. The summed E-state index contributed by atoms with van der Waals surface area (Å²) in [6, 6.07) is 12.2. The summed E-state index contributed by atoms with van der Waals surface area (Å²) in [6.07, 6.45) is 1.83. The molecule has 148 valence electrons. The van der Waals surface area contributed by atoms with Gasteiger partial charge in [-0.15, -0.1) is 0 Å². The van der Waals surface area contributed by atoms with E-state index in [0.717, 1.165) is 44.7 Å². The molecule has 0 N–H and O–H groups in total. The van der Waals surface area contributed by atoms with E-state index in [1.165, 1.54) is 12.8 Å². The lowest BCUT2D eigenvalue weighted by molar-refractivity contribution is -0.142. The number of nitrogens with zero attached hydrogens (tertiary/aromatic N) is 2. The molecule has 1 fully saturated rings. The fourth-order valence-electron chi connectivity index (χ4n) is 2.70. The van der Waals surface area contributed by atoms with E-state index in [4.69, 9.17) is 9.47 Å². The van der Waals surface area contributed by atoms with E-state index < -0.39 is 5.97 Å². The lowest BCUT2D eigenvalue weighted by atomic mass is 10.2. The summed E-state index contributed by atoms with van der Waals surface area (Å²) in [4.78, 5) is 18.2. The van der Waals surface area contributed by atoms with Gasteiger partial charge in [0.25, 0.3) is 0 Å². The van der Waals surface area contributed by atoms with Gasteiger partial charge in [0, 0.05) is 25.0 Å². The highest BCUT2D eigenvalue weighted by Crippen LogP contribution is 2.29. The van der Waals surface area contributed by atoms with Crippen molar-refractivity contribution >= 4 is 68.7 Å². The highest BCUT2D eigenvalue weighted by atomic mass is 127. The maximum absolute atomic E-state index is 11.3. The first-order valence-corrected chi connectivity index (χ1v) is 10.9. The Morgan fingerprint density at radius 1 is 1.18 bits per heavy atom. The smallest absolute Gasteiger partial charge is 0.343 e. The molecule has 2 aromatic carbocycles. The third-order valence-electron chi connectivity index (χ3n) is 4.17. The number of morpholine rings is 1. The zero-order valence-electron chi connectivity index (χ0n) is 15.4. The normalized spacial score (nSPS) is 14.3. The number of methoxy groups -OCH3 is 1. The third kappa shape index (κ3) is 5.80. The number of ether oxygens (including phenoxy) is 3. The van der Waals surface area contributed by atoms with Crippen molar-refractivity contribution < 1.29 is 19.0 Å². The molecule has 0 unspecified atom stereocenters.